The Morgan fingerprint density at radius 3 is 3.17 bits per heavy atom. The van der Waals surface area contributed by atoms with Crippen molar-refractivity contribution in [3.63, 3.8) is 0 Å². The molecule has 0 atom stereocenters. The molecule has 0 aromatic carbocycles. The van der Waals surface area contributed by atoms with E-state index in [1.807, 2.05) is 13.0 Å². The van der Waals surface area contributed by atoms with Gasteiger partial charge in [0.2, 0.25) is 0 Å². The predicted molar refractivity (Wildman–Crippen MR) is 43.3 cm³/mol. The minimum atomic E-state index is 0.627. The van der Waals surface area contributed by atoms with Crippen LogP contribution in [0.1, 0.15) is 5.56 Å². The van der Waals surface area contributed by atoms with E-state index in [0.29, 0.717) is 11.5 Å². The Bertz CT molecular complexity index is 405. The third kappa shape index (κ3) is 0.892. The lowest BCUT2D eigenvalue weighted by atomic mass is 10.3. The van der Waals surface area contributed by atoms with E-state index in [9.17, 15) is 0 Å². The molecule has 0 aliphatic rings. The van der Waals surface area contributed by atoms with E-state index in [4.69, 9.17) is 5.84 Å². The zero-order valence-corrected chi connectivity index (χ0v) is 6.52. The summed E-state index contributed by atoms with van der Waals surface area (Å²) in [4.78, 5) is 0. The van der Waals surface area contributed by atoms with E-state index < -0.39 is 0 Å². The van der Waals surface area contributed by atoms with Crippen molar-refractivity contribution in [1.29, 1.82) is 0 Å². The van der Waals surface area contributed by atoms with Gasteiger partial charge in [0, 0.05) is 0 Å². The van der Waals surface area contributed by atoms with Crippen LogP contribution >= 0.6 is 0 Å². The molecular formula is C6H8N6. The summed E-state index contributed by atoms with van der Waals surface area (Å²) in [5, 5.41) is 11.6. The highest BCUT2D eigenvalue weighted by molar-refractivity contribution is 5.49. The second-order valence-electron chi connectivity index (χ2n) is 2.45. The number of nitrogens with zero attached hydrogens (tertiary/aromatic N) is 4. The number of nitrogen functional groups attached to an aromatic ring is 1. The number of hydrogen-bond acceptors (Lipinski definition) is 5. The largest absolute Gasteiger partial charge is 0.307 e. The first-order valence-electron chi connectivity index (χ1n) is 3.45. The van der Waals surface area contributed by atoms with Crippen molar-refractivity contribution in [3.05, 3.63) is 18.0 Å². The molecule has 2 aromatic rings. The van der Waals surface area contributed by atoms with Crippen LogP contribution in [0.3, 0.4) is 0 Å². The Morgan fingerprint density at radius 1 is 1.58 bits per heavy atom. The number of nitrogens with one attached hydrogen (secondary N) is 1. The fourth-order valence-electron chi connectivity index (χ4n) is 1.00. The van der Waals surface area contributed by atoms with Gasteiger partial charge < -0.3 is 5.43 Å². The van der Waals surface area contributed by atoms with E-state index in [1.54, 1.807) is 4.52 Å². The second-order valence-corrected chi connectivity index (χ2v) is 2.45. The van der Waals surface area contributed by atoms with Crippen LogP contribution in [-0.2, 0) is 0 Å². The lowest BCUT2D eigenvalue weighted by Crippen LogP contribution is -2.11. The molecule has 0 spiro atoms. The number of rotatable bonds is 1. The van der Waals surface area contributed by atoms with Crippen LogP contribution in [0.5, 0.6) is 0 Å². The monoisotopic (exact) mass is 164 g/mol. The summed E-state index contributed by atoms with van der Waals surface area (Å²) in [6.07, 6.45) is 1.52. The van der Waals surface area contributed by atoms with E-state index in [2.05, 4.69) is 20.7 Å². The third-order valence-electron chi connectivity index (χ3n) is 1.62. The molecule has 6 nitrogen and oxygen atoms in total. The quantitative estimate of drug-likeness (QED) is 0.447. The van der Waals surface area contributed by atoms with Gasteiger partial charge in [-0.2, -0.15) is 4.52 Å². The van der Waals surface area contributed by atoms with Gasteiger partial charge in [-0.1, -0.05) is 0 Å². The van der Waals surface area contributed by atoms with Crippen molar-refractivity contribution < 1.29 is 0 Å². The Morgan fingerprint density at radius 2 is 2.42 bits per heavy atom. The number of aryl methyl sites for hydroxylation is 1. The molecule has 2 heterocycles. The van der Waals surface area contributed by atoms with Gasteiger partial charge in [0.25, 0.3) is 0 Å². The Kier molecular flexibility index (Phi) is 1.41. The van der Waals surface area contributed by atoms with Crippen LogP contribution < -0.4 is 11.3 Å². The molecule has 0 unspecified atom stereocenters. The van der Waals surface area contributed by atoms with Gasteiger partial charge in [-0.25, -0.2) is 5.84 Å². The molecule has 0 fully saturated rings. The lowest BCUT2D eigenvalue weighted by molar-refractivity contribution is 0.916. The minimum absolute atomic E-state index is 0.627. The van der Waals surface area contributed by atoms with E-state index >= 15 is 0 Å². The maximum atomic E-state index is 5.24. The number of hydrogen-bond donors (Lipinski definition) is 2. The van der Waals surface area contributed by atoms with Crippen molar-refractivity contribution in [2.75, 3.05) is 5.43 Å². The summed E-state index contributed by atoms with van der Waals surface area (Å²) in [5.74, 6) is 5.87. The molecule has 2 aromatic heterocycles. The first-order valence-corrected chi connectivity index (χ1v) is 3.45. The summed E-state index contributed by atoms with van der Waals surface area (Å²) >= 11 is 0. The predicted octanol–water partition coefficient (Wildman–Crippen LogP) is -0.282. The van der Waals surface area contributed by atoms with Gasteiger partial charge >= 0.3 is 0 Å². The topological polar surface area (TPSA) is 81.1 Å². The molecule has 62 valence electrons. The molecule has 2 rings (SSSR count). The first-order chi connectivity index (χ1) is 5.81. The summed E-state index contributed by atoms with van der Waals surface area (Å²) < 4.78 is 1.56. The van der Waals surface area contributed by atoms with Crippen LogP contribution in [0.2, 0.25) is 0 Å². The standard InChI is InChI=1S/C6H8N6/c1-4-2-5-10-8-3-12(5)11-6(4)9-7/h2-3H,7H2,1H3,(H,9,11). The molecule has 0 amide bonds. The number of aromatic nitrogens is 4. The molecular weight excluding hydrogens is 156 g/mol. The van der Waals surface area contributed by atoms with Crippen LogP contribution in [0.15, 0.2) is 12.4 Å². The summed E-state index contributed by atoms with van der Waals surface area (Å²) in [7, 11) is 0. The Labute approximate surface area is 68.4 Å². The number of fused-ring (bicyclic) bond motifs is 1. The average molecular weight is 164 g/mol. The molecule has 0 aliphatic carbocycles. The average Bonchev–Trinajstić information content (AvgIpc) is 2.49. The van der Waals surface area contributed by atoms with Crippen molar-refractivity contribution in [2.45, 2.75) is 6.92 Å². The summed E-state index contributed by atoms with van der Waals surface area (Å²) in [5.41, 5.74) is 4.15. The minimum Gasteiger partial charge on any atom is -0.307 e. The Hall–Kier alpha value is -1.69. The fraction of sp³-hybridized carbons (Fsp3) is 0.167. The second kappa shape index (κ2) is 2.42. The number of nitrogens with two attached hydrogens (primary N) is 1. The molecule has 12 heavy (non-hydrogen) atoms. The highest BCUT2D eigenvalue weighted by Gasteiger charge is 2.01. The molecule has 0 aliphatic heterocycles. The van der Waals surface area contributed by atoms with Gasteiger partial charge in [0.15, 0.2) is 11.5 Å². The van der Waals surface area contributed by atoms with Crippen LogP contribution in [0.25, 0.3) is 5.65 Å². The third-order valence-corrected chi connectivity index (χ3v) is 1.62. The maximum absolute atomic E-state index is 5.24. The zero-order valence-electron chi connectivity index (χ0n) is 6.52. The maximum Gasteiger partial charge on any atom is 0.177 e. The Balaban J connectivity index is 2.73. The normalized spacial score (nSPS) is 10.5. The molecule has 3 N–H and O–H groups in total. The molecule has 0 bridgehead atoms. The molecule has 6 heteroatoms. The van der Waals surface area contributed by atoms with Crippen LogP contribution in [0.4, 0.5) is 5.82 Å². The van der Waals surface area contributed by atoms with Gasteiger partial charge in [0.1, 0.15) is 6.33 Å². The van der Waals surface area contributed by atoms with Gasteiger partial charge in [-0.3, -0.25) is 0 Å². The fourth-order valence-corrected chi connectivity index (χ4v) is 1.00. The summed E-state index contributed by atoms with van der Waals surface area (Å²) in [6.45, 7) is 1.90. The van der Waals surface area contributed by atoms with Crippen molar-refractivity contribution >= 4 is 11.5 Å². The van der Waals surface area contributed by atoms with Crippen molar-refractivity contribution in [2.24, 2.45) is 5.84 Å². The van der Waals surface area contributed by atoms with E-state index in [-0.39, 0.29) is 0 Å². The van der Waals surface area contributed by atoms with E-state index in [1.165, 1.54) is 6.33 Å². The van der Waals surface area contributed by atoms with Crippen LogP contribution in [-0.4, -0.2) is 19.8 Å². The molecule has 0 saturated carbocycles. The smallest absolute Gasteiger partial charge is 0.177 e. The lowest BCUT2D eigenvalue weighted by Gasteiger charge is -2.02. The zero-order chi connectivity index (χ0) is 8.55. The molecule has 0 saturated heterocycles. The molecule has 0 radical (unpaired) electrons. The number of hydrazine groups is 1. The van der Waals surface area contributed by atoms with Crippen molar-refractivity contribution in [1.82, 2.24) is 19.8 Å². The van der Waals surface area contributed by atoms with Crippen LogP contribution in [0, 0.1) is 6.92 Å². The van der Waals surface area contributed by atoms with E-state index in [0.717, 1.165) is 5.56 Å². The number of anilines is 1. The summed E-state index contributed by atoms with van der Waals surface area (Å²) in [6, 6.07) is 1.86. The van der Waals surface area contributed by atoms with Gasteiger partial charge in [0.05, 0.1) is 0 Å². The highest BCUT2D eigenvalue weighted by atomic mass is 15.4. The van der Waals surface area contributed by atoms with Gasteiger partial charge in [-0.15, -0.1) is 15.3 Å². The highest BCUT2D eigenvalue weighted by Crippen LogP contribution is 2.09. The van der Waals surface area contributed by atoms with Crippen molar-refractivity contribution in [3.8, 4) is 0 Å². The SMILES string of the molecule is Cc1cc2nncn2nc1NN. The first kappa shape index (κ1) is 6.99. The van der Waals surface area contributed by atoms with Gasteiger partial charge in [-0.05, 0) is 18.6 Å².